The Morgan fingerprint density at radius 2 is 2.00 bits per heavy atom. The second-order valence-corrected chi connectivity index (χ2v) is 3.32. The van der Waals surface area contributed by atoms with Gasteiger partial charge in [-0.15, -0.1) is 10.2 Å². The molecule has 0 saturated carbocycles. The molecule has 0 aliphatic heterocycles. The SMILES string of the molecule is Cc1nnc(CNc2cc(F)cc(F)c2F)o1. The third kappa shape index (κ3) is 2.55. The second kappa shape index (κ2) is 4.44. The fourth-order valence-corrected chi connectivity index (χ4v) is 1.26. The molecule has 0 fully saturated rings. The van der Waals surface area contributed by atoms with Crippen LogP contribution in [0.5, 0.6) is 0 Å². The Morgan fingerprint density at radius 3 is 2.65 bits per heavy atom. The van der Waals surface area contributed by atoms with Gasteiger partial charge in [-0.25, -0.2) is 13.2 Å². The van der Waals surface area contributed by atoms with Gasteiger partial charge in [-0.3, -0.25) is 0 Å². The van der Waals surface area contributed by atoms with Gasteiger partial charge in [0.15, 0.2) is 11.6 Å². The van der Waals surface area contributed by atoms with Gasteiger partial charge in [-0.05, 0) is 0 Å². The minimum absolute atomic E-state index is 0.0132. The third-order valence-corrected chi connectivity index (χ3v) is 1.99. The number of aryl methyl sites for hydroxylation is 1. The normalized spacial score (nSPS) is 10.6. The monoisotopic (exact) mass is 243 g/mol. The van der Waals surface area contributed by atoms with Crippen molar-refractivity contribution in [3.63, 3.8) is 0 Å². The van der Waals surface area contributed by atoms with E-state index in [1.54, 1.807) is 6.92 Å². The summed E-state index contributed by atoms with van der Waals surface area (Å²) < 4.78 is 43.9. The molecule has 0 spiro atoms. The number of anilines is 1. The van der Waals surface area contributed by atoms with Gasteiger partial charge in [0, 0.05) is 19.1 Å². The molecule has 1 aromatic carbocycles. The first-order valence-corrected chi connectivity index (χ1v) is 4.73. The molecule has 1 N–H and O–H groups in total. The number of halogens is 3. The average molecular weight is 243 g/mol. The average Bonchev–Trinajstić information content (AvgIpc) is 2.67. The largest absolute Gasteiger partial charge is 0.424 e. The summed E-state index contributed by atoms with van der Waals surface area (Å²) in [6.45, 7) is 1.58. The van der Waals surface area contributed by atoms with Crippen LogP contribution >= 0.6 is 0 Å². The molecule has 0 amide bonds. The standard InChI is InChI=1S/C10H8F3N3O/c1-5-15-16-9(17-5)4-14-8-3-6(11)2-7(12)10(8)13/h2-3,14H,4H2,1H3. The van der Waals surface area contributed by atoms with E-state index in [1.165, 1.54) is 0 Å². The Bertz CT molecular complexity index is 542. The molecule has 0 bridgehead atoms. The lowest BCUT2D eigenvalue weighted by atomic mass is 10.3. The van der Waals surface area contributed by atoms with Crippen LogP contribution in [0.15, 0.2) is 16.5 Å². The van der Waals surface area contributed by atoms with Crippen molar-refractivity contribution < 1.29 is 17.6 Å². The Kier molecular flexibility index (Phi) is 2.99. The number of hydrogen-bond donors (Lipinski definition) is 1. The van der Waals surface area contributed by atoms with Crippen molar-refractivity contribution >= 4 is 5.69 Å². The van der Waals surface area contributed by atoms with Crippen molar-refractivity contribution in [3.8, 4) is 0 Å². The predicted octanol–water partition coefficient (Wildman–Crippen LogP) is 2.41. The Balaban J connectivity index is 2.14. The van der Waals surface area contributed by atoms with Crippen LogP contribution in [0.4, 0.5) is 18.9 Å². The Morgan fingerprint density at radius 1 is 1.24 bits per heavy atom. The minimum atomic E-state index is -1.26. The predicted molar refractivity (Wildman–Crippen MR) is 52.7 cm³/mol. The zero-order valence-corrected chi connectivity index (χ0v) is 8.80. The molecule has 1 heterocycles. The number of rotatable bonds is 3. The van der Waals surface area contributed by atoms with Gasteiger partial charge >= 0.3 is 0 Å². The molecule has 1 aromatic heterocycles. The first kappa shape index (κ1) is 11.4. The number of nitrogens with one attached hydrogen (secondary N) is 1. The van der Waals surface area contributed by atoms with Crippen molar-refractivity contribution in [1.29, 1.82) is 0 Å². The third-order valence-electron chi connectivity index (χ3n) is 1.99. The van der Waals surface area contributed by atoms with Gasteiger partial charge in [0.2, 0.25) is 11.8 Å². The summed E-state index contributed by atoms with van der Waals surface area (Å²) in [5.74, 6) is -2.72. The summed E-state index contributed by atoms with van der Waals surface area (Å²) in [6.07, 6.45) is 0. The summed E-state index contributed by atoms with van der Waals surface area (Å²) in [7, 11) is 0. The molecule has 17 heavy (non-hydrogen) atoms. The molecule has 0 aliphatic carbocycles. The van der Waals surface area contributed by atoms with Gasteiger partial charge in [-0.1, -0.05) is 0 Å². The fraction of sp³-hybridized carbons (Fsp3) is 0.200. The van der Waals surface area contributed by atoms with Crippen molar-refractivity contribution in [2.45, 2.75) is 13.5 Å². The topological polar surface area (TPSA) is 51.0 Å². The van der Waals surface area contributed by atoms with Crippen molar-refractivity contribution in [3.05, 3.63) is 41.4 Å². The first-order chi connectivity index (χ1) is 8.06. The Hall–Kier alpha value is -2.05. The molecule has 0 radical (unpaired) electrons. The highest BCUT2D eigenvalue weighted by Gasteiger charge is 2.11. The molecule has 0 atom stereocenters. The highest BCUT2D eigenvalue weighted by molar-refractivity contribution is 5.45. The van der Waals surface area contributed by atoms with Gasteiger partial charge in [0.1, 0.15) is 5.82 Å². The number of benzene rings is 1. The molecular weight excluding hydrogens is 235 g/mol. The maximum atomic E-state index is 13.2. The Labute approximate surface area is 94.5 Å². The zero-order valence-electron chi connectivity index (χ0n) is 8.80. The van der Waals surface area contributed by atoms with Crippen LogP contribution in [-0.4, -0.2) is 10.2 Å². The zero-order chi connectivity index (χ0) is 12.4. The van der Waals surface area contributed by atoms with Crippen LogP contribution < -0.4 is 5.32 Å². The smallest absolute Gasteiger partial charge is 0.235 e. The highest BCUT2D eigenvalue weighted by Crippen LogP contribution is 2.19. The van der Waals surface area contributed by atoms with Crippen LogP contribution in [0, 0.1) is 24.4 Å². The van der Waals surface area contributed by atoms with Crippen LogP contribution in [0.25, 0.3) is 0 Å². The summed E-state index contributed by atoms with van der Waals surface area (Å²) in [5.41, 5.74) is -0.293. The van der Waals surface area contributed by atoms with Crippen molar-refractivity contribution in [1.82, 2.24) is 10.2 Å². The van der Waals surface area contributed by atoms with E-state index in [-0.39, 0.29) is 18.1 Å². The summed E-state index contributed by atoms with van der Waals surface area (Å²) in [5, 5.41) is 9.68. The lowest BCUT2D eigenvalue weighted by molar-refractivity contribution is 0.472. The molecule has 0 unspecified atom stereocenters. The van der Waals surface area contributed by atoms with E-state index in [0.29, 0.717) is 12.0 Å². The van der Waals surface area contributed by atoms with Gasteiger partial charge in [-0.2, -0.15) is 0 Å². The fourth-order valence-electron chi connectivity index (χ4n) is 1.26. The summed E-state index contributed by atoms with van der Waals surface area (Å²) in [6, 6.07) is 1.32. The van der Waals surface area contributed by atoms with Crippen molar-refractivity contribution in [2.75, 3.05) is 5.32 Å². The molecule has 90 valence electrons. The molecule has 2 rings (SSSR count). The second-order valence-electron chi connectivity index (χ2n) is 3.32. The molecule has 4 nitrogen and oxygen atoms in total. The lowest BCUT2D eigenvalue weighted by Gasteiger charge is -2.05. The first-order valence-electron chi connectivity index (χ1n) is 4.73. The van der Waals surface area contributed by atoms with Crippen LogP contribution in [0.2, 0.25) is 0 Å². The van der Waals surface area contributed by atoms with E-state index in [2.05, 4.69) is 15.5 Å². The molecule has 0 aliphatic rings. The van der Waals surface area contributed by atoms with Gasteiger partial charge in [0.25, 0.3) is 0 Å². The lowest BCUT2D eigenvalue weighted by Crippen LogP contribution is -2.04. The van der Waals surface area contributed by atoms with E-state index in [1.807, 2.05) is 0 Å². The van der Waals surface area contributed by atoms with Crippen LogP contribution in [0.1, 0.15) is 11.8 Å². The van der Waals surface area contributed by atoms with Gasteiger partial charge in [0.05, 0.1) is 12.2 Å². The van der Waals surface area contributed by atoms with Crippen molar-refractivity contribution in [2.24, 2.45) is 0 Å². The van der Waals surface area contributed by atoms with E-state index < -0.39 is 17.5 Å². The van der Waals surface area contributed by atoms with E-state index in [4.69, 9.17) is 4.42 Å². The maximum absolute atomic E-state index is 13.2. The number of aromatic nitrogens is 2. The molecule has 2 aromatic rings. The summed E-state index contributed by atoms with van der Waals surface area (Å²) in [4.78, 5) is 0. The molecule has 7 heteroatoms. The number of nitrogens with zero attached hydrogens (tertiary/aromatic N) is 2. The summed E-state index contributed by atoms with van der Waals surface area (Å²) >= 11 is 0. The quantitative estimate of drug-likeness (QED) is 0.841. The maximum Gasteiger partial charge on any atom is 0.235 e. The van der Waals surface area contributed by atoms with Crippen LogP contribution in [-0.2, 0) is 6.54 Å². The number of hydrogen-bond acceptors (Lipinski definition) is 4. The highest BCUT2D eigenvalue weighted by atomic mass is 19.2. The molecular formula is C10H8F3N3O. The van der Waals surface area contributed by atoms with E-state index in [0.717, 1.165) is 6.07 Å². The van der Waals surface area contributed by atoms with Gasteiger partial charge < -0.3 is 9.73 Å². The molecule has 0 saturated heterocycles. The minimum Gasteiger partial charge on any atom is -0.424 e. The van der Waals surface area contributed by atoms with Crippen LogP contribution in [0.3, 0.4) is 0 Å². The van der Waals surface area contributed by atoms with E-state index in [9.17, 15) is 13.2 Å². The van der Waals surface area contributed by atoms with E-state index >= 15 is 0 Å².